The summed E-state index contributed by atoms with van der Waals surface area (Å²) < 4.78 is 18.2. The second-order valence-corrected chi connectivity index (χ2v) is 12.7. The van der Waals surface area contributed by atoms with Crippen LogP contribution in [0.1, 0.15) is 88.2 Å². The second kappa shape index (κ2) is 11.1. The van der Waals surface area contributed by atoms with E-state index in [9.17, 15) is 24.3 Å². The molecule has 1 spiro atoms. The first-order valence-electron chi connectivity index (χ1n) is 15.3. The highest BCUT2D eigenvalue weighted by Gasteiger charge is 2.73. The molecule has 228 valence electrons. The molecule has 2 saturated carbocycles. The largest absolute Gasteiger partial charge is 0.481 e. The van der Waals surface area contributed by atoms with Crippen LogP contribution < -0.4 is 9.47 Å². The quantitative estimate of drug-likeness (QED) is 0.244. The van der Waals surface area contributed by atoms with E-state index in [0.717, 1.165) is 24.2 Å². The van der Waals surface area contributed by atoms with Gasteiger partial charge in [0.2, 0.25) is 0 Å². The molecular weight excluding hydrogens is 546 g/mol. The van der Waals surface area contributed by atoms with Gasteiger partial charge in [-0.25, -0.2) is 0 Å². The smallest absolute Gasteiger partial charge is 0.311 e. The zero-order chi connectivity index (χ0) is 29.6. The van der Waals surface area contributed by atoms with Crippen molar-refractivity contribution in [2.75, 3.05) is 13.1 Å². The number of aliphatic hydroxyl groups is 1. The third-order valence-electron chi connectivity index (χ3n) is 10.3. The highest BCUT2D eigenvalue weighted by molar-refractivity contribution is 5.76. The van der Waals surface area contributed by atoms with Gasteiger partial charge in [-0.1, -0.05) is 12.5 Å². The molecule has 1 saturated heterocycles. The van der Waals surface area contributed by atoms with E-state index in [-0.39, 0.29) is 50.3 Å². The summed E-state index contributed by atoms with van der Waals surface area (Å²) in [6, 6.07) is 3.53. The number of carboxylic acids is 2. The lowest BCUT2D eigenvalue weighted by atomic mass is 9.48. The summed E-state index contributed by atoms with van der Waals surface area (Å²) >= 11 is 0. The maximum Gasteiger partial charge on any atom is 0.311 e. The van der Waals surface area contributed by atoms with Crippen LogP contribution in [0, 0.1) is 5.92 Å². The van der Waals surface area contributed by atoms with Gasteiger partial charge in [0.15, 0.2) is 11.5 Å². The topological polar surface area (TPSA) is 160 Å². The Hall–Kier alpha value is -3.18. The molecule has 11 heteroatoms. The Bertz CT molecular complexity index is 1280. The van der Waals surface area contributed by atoms with Gasteiger partial charge in [-0.15, -0.1) is 0 Å². The average molecular weight is 586 g/mol. The van der Waals surface area contributed by atoms with Crippen LogP contribution in [-0.4, -0.2) is 81.0 Å². The van der Waals surface area contributed by atoms with Crippen molar-refractivity contribution in [3.8, 4) is 11.5 Å². The molecule has 42 heavy (non-hydrogen) atoms. The molecule has 3 fully saturated rings. The molecule has 11 nitrogen and oxygen atoms in total. The minimum Gasteiger partial charge on any atom is -0.481 e. The van der Waals surface area contributed by atoms with Crippen molar-refractivity contribution in [2.45, 2.75) is 113 Å². The molecular formula is C31H39NO10. The van der Waals surface area contributed by atoms with Crippen LogP contribution in [0.15, 0.2) is 12.1 Å². The van der Waals surface area contributed by atoms with Gasteiger partial charge in [-0.2, -0.15) is 0 Å². The van der Waals surface area contributed by atoms with Crippen LogP contribution >= 0.6 is 0 Å². The molecule has 3 aliphatic carbocycles. The van der Waals surface area contributed by atoms with Crippen LogP contribution in [0.2, 0.25) is 0 Å². The van der Waals surface area contributed by atoms with Crippen molar-refractivity contribution in [1.82, 2.24) is 4.90 Å². The highest BCUT2D eigenvalue weighted by Crippen LogP contribution is 2.66. The Morgan fingerprint density at radius 1 is 0.952 bits per heavy atom. The molecule has 3 N–H and O–H groups in total. The lowest BCUT2D eigenvalue weighted by Crippen LogP contribution is -2.77. The van der Waals surface area contributed by atoms with E-state index in [1.165, 1.54) is 19.3 Å². The molecule has 5 aliphatic rings. The number of esters is 2. The number of carbonyl (C=O) groups excluding carboxylic acids is 2. The van der Waals surface area contributed by atoms with Crippen molar-refractivity contribution in [2.24, 2.45) is 5.92 Å². The normalized spacial score (nSPS) is 30.9. The van der Waals surface area contributed by atoms with Gasteiger partial charge in [-0.05, 0) is 75.5 Å². The summed E-state index contributed by atoms with van der Waals surface area (Å²) in [5.41, 5.74) is -0.127. The molecule has 0 unspecified atom stereocenters. The van der Waals surface area contributed by atoms with E-state index < -0.39 is 47.1 Å². The Morgan fingerprint density at radius 2 is 1.67 bits per heavy atom. The Kier molecular flexibility index (Phi) is 7.67. The van der Waals surface area contributed by atoms with Crippen molar-refractivity contribution in [1.29, 1.82) is 0 Å². The summed E-state index contributed by atoms with van der Waals surface area (Å²) in [5.74, 6) is -1.77. The maximum absolute atomic E-state index is 12.8. The molecule has 5 atom stereocenters. The number of benzene rings is 1. The maximum atomic E-state index is 12.8. The molecule has 0 radical (unpaired) electrons. The molecule has 2 bridgehead atoms. The van der Waals surface area contributed by atoms with Crippen molar-refractivity contribution in [3.05, 3.63) is 23.3 Å². The van der Waals surface area contributed by atoms with E-state index >= 15 is 0 Å². The van der Waals surface area contributed by atoms with Crippen LogP contribution in [0.3, 0.4) is 0 Å². The minimum absolute atomic E-state index is 0.0258. The van der Waals surface area contributed by atoms with E-state index in [4.69, 9.17) is 24.4 Å². The predicted octanol–water partition coefficient (Wildman–Crippen LogP) is 2.97. The second-order valence-electron chi connectivity index (χ2n) is 12.7. The predicted molar refractivity (Wildman–Crippen MR) is 146 cm³/mol. The number of piperidine rings is 1. The molecule has 2 heterocycles. The number of hydrogen-bond acceptors (Lipinski definition) is 9. The van der Waals surface area contributed by atoms with Crippen molar-refractivity contribution >= 4 is 23.9 Å². The molecule has 2 aliphatic heterocycles. The van der Waals surface area contributed by atoms with Crippen LogP contribution in [-0.2, 0) is 35.8 Å². The number of carbonyl (C=O) groups is 4. The zero-order valence-corrected chi connectivity index (χ0v) is 23.7. The molecule has 0 amide bonds. The lowest BCUT2D eigenvalue weighted by Gasteiger charge is -2.64. The van der Waals surface area contributed by atoms with E-state index in [1.54, 1.807) is 6.07 Å². The summed E-state index contributed by atoms with van der Waals surface area (Å²) in [6.07, 6.45) is 4.35. The number of hydrogen-bond donors (Lipinski definition) is 3. The van der Waals surface area contributed by atoms with Crippen LogP contribution in [0.25, 0.3) is 0 Å². The van der Waals surface area contributed by atoms with Gasteiger partial charge < -0.3 is 29.5 Å². The Morgan fingerprint density at radius 3 is 2.33 bits per heavy atom. The third kappa shape index (κ3) is 4.84. The first-order chi connectivity index (χ1) is 20.1. The molecule has 1 aromatic rings. The first-order valence-corrected chi connectivity index (χ1v) is 15.3. The molecule has 6 rings (SSSR count). The number of aliphatic carboxylic acids is 2. The Labute approximate surface area is 244 Å². The van der Waals surface area contributed by atoms with E-state index in [2.05, 4.69) is 4.90 Å². The lowest BCUT2D eigenvalue weighted by molar-refractivity contribution is -0.217. The SMILES string of the molecule is O=C(O)CCCC(=O)Oc1ccc2c3c1O[C@H]1[C@@H](OC(=O)CCCC(=O)O)CC[C@@]4(O)[C@@H](C2)N(CC2CCC2)CC[C@]314. The monoisotopic (exact) mass is 585 g/mol. The van der Waals surface area contributed by atoms with Gasteiger partial charge in [-0.3, -0.25) is 24.1 Å². The summed E-state index contributed by atoms with van der Waals surface area (Å²) in [7, 11) is 0. The van der Waals surface area contributed by atoms with Crippen molar-refractivity contribution < 1.29 is 48.7 Å². The van der Waals surface area contributed by atoms with Crippen LogP contribution in [0.5, 0.6) is 11.5 Å². The molecule has 1 aromatic carbocycles. The summed E-state index contributed by atoms with van der Waals surface area (Å²) in [6.45, 7) is 1.71. The average Bonchev–Trinajstić information content (AvgIpc) is 3.25. The van der Waals surface area contributed by atoms with E-state index in [0.29, 0.717) is 37.4 Å². The first kappa shape index (κ1) is 28.9. The van der Waals surface area contributed by atoms with Crippen LogP contribution in [0.4, 0.5) is 0 Å². The Balaban J connectivity index is 1.31. The number of likely N-dealkylation sites (tertiary alicyclic amines) is 1. The fourth-order valence-corrected chi connectivity index (χ4v) is 8.17. The number of ether oxygens (including phenoxy) is 3. The standard InChI is InChI=1S/C31H39NO10/c33-23(34)6-2-8-25(37)40-20-11-10-19-16-22-31(39)13-12-21(41-26(38)9-3-7-24(35)36)29-30(31,27(19)28(20)42-29)14-15-32(22)17-18-4-1-5-18/h10-11,18,21-22,29,39H,1-9,12-17H2,(H,33,34)(H,35,36)/t21-,22+,29-,30-,31+/m0/s1. The number of nitrogens with zero attached hydrogens (tertiary/aromatic N) is 1. The highest BCUT2D eigenvalue weighted by atomic mass is 16.6. The van der Waals surface area contributed by atoms with Gasteiger partial charge in [0, 0.05) is 43.8 Å². The van der Waals surface area contributed by atoms with E-state index in [1.807, 2.05) is 6.07 Å². The summed E-state index contributed by atoms with van der Waals surface area (Å²) in [5, 5.41) is 30.6. The zero-order valence-electron chi connectivity index (χ0n) is 23.7. The van der Waals surface area contributed by atoms with Crippen molar-refractivity contribution in [3.63, 3.8) is 0 Å². The number of carboxylic acid groups (broad SMARTS) is 2. The van der Waals surface area contributed by atoms with Gasteiger partial charge >= 0.3 is 23.9 Å². The minimum atomic E-state index is -1.13. The van der Waals surface area contributed by atoms with Gasteiger partial charge in [0.05, 0.1) is 11.0 Å². The molecule has 0 aromatic heterocycles. The third-order valence-corrected chi connectivity index (χ3v) is 10.3. The number of rotatable bonds is 12. The van der Waals surface area contributed by atoms with Gasteiger partial charge in [0.25, 0.3) is 0 Å². The summed E-state index contributed by atoms with van der Waals surface area (Å²) in [4.78, 5) is 49.7. The van der Waals surface area contributed by atoms with Gasteiger partial charge in [0.1, 0.15) is 12.2 Å². The fraction of sp³-hybridized carbons (Fsp3) is 0.677. The fourth-order valence-electron chi connectivity index (χ4n) is 8.17.